The van der Waals surface area contributed by atoms with Crippen LogP contribution < -0.4 is 4.74 Å². The molecule has 2 rings (SSSR count). The van der Waals surface area contributed by atoms with E-state index in [2.05, 4.69) is 20.9 Å². The first-order valence-electron chi connectivity index (χ1n) is 4.72. The van der Waals surface area contributed by atoms with Gasteiger partial charge in [0.2, 0.25) is 0 Å². The molecule has 0 atom stereocenters. The van der Waals surface area contributed by atoms with Gasteiger partial charge >= 0.3 is 0 Å². The Morgan fingerprint density at radius 3 is 2.81 bits per heavy atom. The summed E-state index contributed by atoms with van der Waals surface area (Å²) in [5.74, 6) is 0.392. The van der Waals surface area contributed by atoms with E-state index in [0.29, 0.717) is 11.1 Å². The van der Waals surface area contributed by atoms with Gasteiger partial charge in [0.1, 0.15) is 5.75 Å². The van der Waals surface area contributed by atoms with E-state index in [1.54, 1.807) is 30.6 Å². The lowest BCUT2D eigenvalue weighted by Crippen LogP contribution is -1.93. The van der Waals surface area contributed by atoms with Crippen LogP contribution in [0.15, 0.2) is 42.7 Å². The fraction of sp³-hybridized carbons (Fsp3) is 0.0833. The zero-order valence-corrected chi connectivity index (χ0v) is 9.95. The van der Waals surface area contributed by atoms with Crippen molar-refractivity contribution >= 4 is 15.9 Å². The number of benzene rings is 1. The lowest BCUT2D eigenvalue weighted by molar-refractivity contribution is 0.437. The molecule has 0 saturated heterocycles. The number of aromatic nitrogens is 1. The molecule has 0 fully saturated rings. The predicted octanol–water partition coefficient (Wildman–Crippen LogP) is 3.91. The molecule has 1 heterocycles. The highest BCUT2D eigenvalue weighted by atomic mass is 79.9. The van der Waals surface area contributed by atoms with Gasteiger partial charge in [-0.1, -0.05) is 28.1 Å². The largest absolute Gasteiger partial charge is 0.452 e. The van der Waals surface area contributed by atoms with Crippen molar-refractivity contribution in [1.82, 2.24) is 4.98 Å². The Kier molecular flexibility index (Phi) is 3.51. The summed E-state index contributed by atoms with van der Waals surface area (Å²) in [6, 6.07) is 8.31. The maximum Gasteiger partial charge on any atom is 0.167 e. The molecule has 0 radical (unpaired) electrons. The van der Waals surface area contributed by atoms with Crippen LogP contribution in [0.25, 0.3) is 0 Å². The molecular formula is C12H9BrFNO. The van der Waals surface area contributed by atoms with Gasteiger partial charge in [0, 0.05) is 17.1 Å². The van der Waals surface area contributed by atoms with Crippen molar-refractivity contribution in [2.24, 2.45) is 0 Å². The van der Waals surface area contributed by atoms with E-state index in [9.17, 15) is 4.39 Å². The van der Waals surface area contributed by atoms with Gasteiger partial charge in [-0.05, 0) is 18.2 Å². The first kappa shape index (κ1) is 11.1. The molecule has 0 aliphatic rings. The van der Waals surface area contributed by atoms with E-state index in [0.717, 1.165) is 5.56 Å². The molecule has 16 heavy (non-hydrogen) atoms. The number of alkyl halides is 1. The summed E-state index contributed by atoms with van der Waals surface area (Å²) in [5.41, 5.74) is 0.767. The predicted molar refractivity (Wildman–Crippen MR) is 63.3 cm³/mol. The lowest BCUT2D eigenvalue weighted by Gasteiger charge is -2.09. The Labute approximate surface area is 101 Å². The number of halogens is 2. The highest BCUT2D eigenvalue weighted by molar-refractivity contribution is 9.08. The van der Waals surface area contributed by atoms with Crippen LogP contribution in [0.4, 0.5) is 4.39 Å². The van der Waals surface area contributed by atoms with E-state index in [1.807, 2.05) is 6.07 Å². The Balaban J connectivity index is 2.34. The third-order valence-electron chi connectivity index (χ3n) is 2.05. The average Bonchev–Trinajstić information content (AvgIpc) is 2.33. The average molecular weight is 282 g/mol. The van der Waals surface area contributed by atoms with Crippen LogP contribution in [0, 0.1) is 5.82 Å². The van der Waals surface area contributed by atoms with Crippen LogP contribution in [0.5, 0.6) is 11.5 Å². The van der Waals surface area contributed by atoms with Crippen molar-refractivity contribution in [2.45, 2.75) is 5.33 Å². The van der Waals surface area contributed by atoms with Crippen LogP contribution in [0.3, 0.4) is 0 Å². The monoisotopic (exact) mass is 281 g/mol. The van der Waals surface area contributed by atoms with E-state index in [1.165, 1.54) is 6.07 Å². The van der Waals surface area contributed by atoms with Crippen molar-refractivity contribution in [1.29, 1.82) is 0 Å². The molecule has 82 valence electrons. The van der Waals surface area contributed by atoms with Crippen LogP contribution >= 0.6 is 15.9 Å². The van der Waals surface area contributed by atoms with Gasteiger partial charge in [-0.25, -0.2) is 4.39 Å². The number of pyridine rings is 1. The fourth-order valence-electron chi connectivity index (χ4n) is 1.30. The Bertz CT molecular complexity index is 476. The maximum atomic E-state index is 13.6. The van der Waals surface area contributed by atoms with Crippen LogP contribution in [-0.4, -0.2) is 4.98 Å². The molecule has 0 aliphatic carbocycles. The summed E-state index contributed by atoms with van der Waals surface area (Å²) in [7, 11) is 0. The summed E-state index contributed by atoms with van der Waals surface area (Å²) >= 11 is 3.29. The highest BCUT2D eigenvalue weighted by Gasteiger charge is 2.09. The third kappa shape index (κ3) is 2.39. The number of ether oxygens (including phenoxy) is 1. The number of hydrogen-bond acceptors (Lipinski definition) is 2. The molecule has 0 amide bonds. The van der Waals surface area contributed by atoms with Gasteiger partial charge in [0.25, 0.3) is 0 Å². The Morgan fingerprint density at radius 2 is 2.12 bits per heavy atom. The molecule has 0 N–H and O–H groups in total. The second kappa shape index (κ2) is 5.07. The summed E-state index contributed by atoms with van der Waals surface area (Å²) in [6.07, 6.45) is 3.18. The molecule has 0 spiro atoms. The van der Waals surface area contributed by atoms with Gasteiger partial charge in [-0.2, -0.15) is 0 Å². The molecule has 4 heteroatoms. The fourth-order valence-corrected chi connectivity index (χ4v) is 1.74. The van der Waals surface area contributed by atoms with Crippen molar-refractivity contribution in [2.75, 3.05) is 0 Å². The Morgan fingerprint density at radius 1 is 1.25 bits per heavy atom. The zero-order valence-electron chi connectivity index (χ0n) is 8.36. The second-order valence-electron chi connectivity index (χ2n) is 3.15. The van der Waals surface area contributed by atoms with Gasteiger partial charge in [-0.15, -0.1) is 0 Å². The van der Waals surface area contributed by atoms with Crippen molar-refractivity contribution in [3.8, 4) is 11.5 Å². The van der Waals surface area contributed by atoms with Gasteiger partial charge < -0.3 is 4.74 Å². The van der Waals surface area contributed by atoms with Crippen LogP contribution in [-0.2, 0) is 5.33 Å². The normalized spacial score (nSPS) is 10.1. The summed E-state index contributed by atoms with van der Waals surface area (Å²) in [6.45, 7) is 0. The van der Waals surface area contributed by atoms with Crippen molar-refractivity contribution in [3.05, 3.63) is 54.1 Å². The van der Waals surface area contributed by atoms with Crippen molar-refractivity contribution < 1.29 is 9.13 Å². The minimum absolute atomic E-state index is 0.243. The third-order valence-corrected chi connectivity index (χ3v) is 2.65. The molecule has 0 aliphatic heterocycles. The smallest absolute Gasteiger partial charge is 0.167 e. The first-order valence-corrected chi connectivity index (χ1v) is 5.84. The van der Waals surface area contributed by atoms with Crippen LogP contribution in [0.2, 0.25) is 0 Å². The van der Waals surface area contributed by atoms with Crippen LogP contribution in [0.1, 0.15) is 5.56 Å². The summed E-state index contributed by atoms with van der Waals surface area (Å²) in [4.78, 5) is 3.91. The first-order chi connectivity index (χ1) is 7.81. The molecule has 0 bridgehead atoms. The molecule has 1 aromatic heterocycles. The lowest BCUT2D eigenvalue weighted by atomic mass is 10.2. The van der Waals surface area contributed by atoms with E-state index >= 15 is 0 Å². The topological polar surface area (TPSA) is 22.1 Å². The van der Waals surface area contributed by atoms with Crippen molar-refractivity contribution in [3.63, 3.8) is 0 Å². The quantitative estimate of drug-likeness (QED) is 0.796. The number of rotatable bonds is 3. The molecule has 2 aromatic rings. The molecule has 1 aromatic carbocycles. The molecule has 2 nitrogen and oxygen atoms in total. The summed E-state index contributed by atoms with van der Waals surface area (Å²) in [5, 5.41) is 0.542. The second-order valence-corrected chi connectivity index (χ2v) is 3.71. The summed E-state index contributed by atoms with van der Waals surface area (Å²) < 4.78 is 19.0. The molecule has 0 unspecified atom stereocenters. The highest BCUT2D eigenvalue weighted by Crippen LogP contribution is 2.29. The maximum absolute atomic E-state index is 13.6. The van der Waals surface area contributed by atoms with E-state index < -0.39 is 0 Å². The zero-order chi connectivity index (χ0) is 11.4. The number of nitrogens with zero attached hydrogens (tertiary/aromatic N) is 1. The van der Waals surface area contributed by atoms with Gasteiger partial charge in [0.15, 0.2) is 11.6 Å². The number of para-hydroxylation sites is 1. The van der Waals surface area contributed by atoms with E-state index in [4.69, 9.17) is 4.74 Å². The van der Waals surface area contributed by atoms with E-state index in [-0.39, 0.29) is 11.6 Å². The molecule has 0 saturated carbocycles. The minimum atomic E-state index is -0.374. The molecular weight excluding hydrogens is 273 g/mol. The standard InChI is InChI=1S/C12H9BrFNO/c13-7-9-3-1-5-11(14)12(9)16-10-4-2-6-15-8-10/h1-6,8H,7H2. The minimum Gasteiger partial charge on any atom is -0.452 e. The SMILES string of the molecule is Fc1cccc(CBr)c1Oc1cccnc1. The van der Waals surface area contributed by atoms with Gasteiger partial charge in [0.05, 0.1) is 6.20 Å². The van der Waals surface area contributed by atoms with Gasteiger partial charge in [-0.3, -0.25) is 4.98 Å². The Hall–Kier alpha value is -1.42. The number of hydrogen-bond donors (Lipinski definition) is 0.